The van der Waals surface area contributed by atoms with E-state index in [9.17, 15) is 4.39 Å². The summed E-state index contributed by atoms with van der Waals surface area (Å²) >= 11 is 0. The monoisotopic (exact) mass is 152 g/mol. The summed E-state index contributed by atoms with van der Waals surface area (Å²) in [6.45, 7) is 1.57. The second-order valence-electron chi connectivity index (χ2n) is 2.36. The van der Waals surface area contributed by atoms with E-state index in [-0.39, 0.29) is 11.5 Å². The van der Waals surface area contributed by atoms with E-state index in [2.05, 4.69) is 0 Å². The Balaban J connectivity index is 3.23. The number of nitrogens with two attached hydrogens (primary N) is 1. The highest BCUT2D eigenvalue weighted by Gasteiger charge is 2.01. The fourth-order valence-electron chi connectivity index (χ4n) is 0.853. The second-order valence-corrected chi connectivity index (χ2v) is 2.36. The van der Waals surface area contributed by atoms with Gasteiger partial charge in [0.25, 0.3) is 0 Å². The number of rotatable bonds is 1. The Morgan fingerprint density at radius 1 is 1.55 bits per heavy atom. The number of benzene rings is 1. The van der Waals surface area contributed by atoms with Gasteiger partial charge >= 0.3 is 0 Å². The van der Waals surface area contributed by atoms with Gasteiger partial charge in [0, 0.05) is 17.0 Å². The summed E-state index contributed by atoms with van der Waals surface area (Å²) in [5, 5.41) is 7.23. The van der Waals surface area contributed by atoms with Crippen LogP contribution >= 0.6 is 0 Å². The molecular formula is C8H9FN2. The number of nitrogen functional groups attached to an aromatic ring is 1. The molecule has 0 fully saturated rings. The van der Waals surface area contributed by atoms with Gasteiger partial charge in [0.1, 0.15) is 5.82 Å². The van der Waals surface area contributed by atoms with Crippen LogP contribution in [0.3, 0.4) is 0 Å². The number of hydrogen-bond acceptors (Lipinski definition) is 2. The Labute approximate surface area is 64.4 Å². The first-order chi connectivity index (χ1) is 5.11. The molecule has 3 N–H and O–H groups in total. The molecule has 1 rings (SSSR count). The topological polar surface area (TPSA) is 49.9 Å². The van der Waals surface area contributed by atoms with Crippen LogP contribution in [0, 0.1) is 11.2 Å². The Kier molecular flexibility index (Phi) is 1.89. The maximum Gasteiger partial charge on any atom is 0.124 e. The molecular weight excluding hydrogens is 143 g/mol. The van der Waals surface area contributed by atoms with Crippen molar-refractivity contribution in [1.29, 1.82) is 5.41 Å². The van der Waals surface area contributed by atoms with Crippen LogP contribution < -0.4 is 5.73 Å². The minimum Gasteiger partial charge on any atom is -0.398 e. The van der Waals surface area contributed by atoms with Crippen LogP contribution in [0.5, 0.6) is 0 Å². The molecule has 0 radical (unpaired) electrons. The van der Waals surface area contributed by atoms with E-state index in [1.54, 1.807) is 6.92 Å². The maximum absolute atomic E-state index is 12.6. The molecule has 0 aliphatic heterocycles. The summed E-state index contributed by atoms with van der Waals surface area (Å²) in [6, 6.07) is 4.00. The van der Waals surface area contributed by atoms with Gasteiger partial charge in [-0.25, -0.2) is 4.39 Å². The average molecular weight is 152 g/mol. The van der Waals surface area contributed by atoms with E-state index in [1.165, 1.54) is 18.2 Å². The molecule has 0 amide bonds. The molecule has 58 valence electrons. The number of halogens is 1. The van der Waals surface area contributed by atoms with Gasteiger partial charge in [-0.2, -0.15) is 0 Å². The van der Waals surface area contributed by atoms with Gasteiger partial charge in [0.05, 0.1) is 0 Å². The average Bonchev–Trinajstić information content (AvgIpc) is 1.94. The molecule has 0 heterocycles. The lowest BCUT2D eigenvalue weighted by molar-refractivity contribution is 0.627. The Morgan fingerprint density at radius 2 is 2.18 bits per heavy atom. The highest BCUT2D eigenvalue weighted by Crippen LogP contribution is 2.13. The van der Waals surface area contributed by atoms with Crippen LogP contribution in [-0.2, 0) is 0 Å². The molecule has 11 heavy (non-hydrogen) atoms. The first-order valence-corrected chi connectivity index (χ1v) is 3.22. The van der Waals surface area contributed by atoms with Gasteiger partial charge in [-0.1, -0.05) is 0 Å². The largest absolute Gasteiger partial charge is 0.398 e. The molecule has 0 spiro atoms. The van der Waals surface area contributed by atoms with E-state index in [1.807, 2.05) is 0 Å². The van der Waals surface area contributed by atoms with Crippen molar-refractivity contribution in [1.82, 2.24) is 0 Å². The fraction of sp³-hybridized carbons (Fsp3) is 0.125. The van der Waals surface area contributed by atoms with Crippen molar-refractivity contribution in [3.05, 3.63) is 29.6 Å². The molecule has 0 aliphatic carbocycles. The van der Waals surface area contributed by atoms with Crippen LogP contribution in [0.15, 0.2) is 18.2 Å². The second kappa shape index (κ2) is 2.70. The van der Waals surface area contributed by atoms with E-state index < -0.39 is 0 Å². The normalized spacial score (nSPS) is 9.64. The van der Waals surface area contributed by atoms with Gasteiger partial charge in [-0.15, -0.1) is 0 Å². The van der Waals surface area contributed by atoms with Crippen molar-refractivity contribution < 1.29 is 4.39 Å². The third-order valence-corrected chi connectivity index (χ3v) is 1.42. The van der Waals surface area contributed by atoms with Crippen LogP contribution in [0.2, 0.25) is 0 Å². The van der Waals surface area contributed by atoms with Crippen LogP contribution in [0.1, 0.15) is 12.5 Å². The van der Waals surface area contributed by atoms with Gasteiger partial charge < -0.3 is 11.1 Å². The van der Waals surface area contributed by atoms with E-state index >= 15 is 0 Å². The zero-order valence-electron chi connectivity index (χ0n) is 6.19. The molecule has 3 heteroatoms. The molecule has 0 aromatic heterocycles. The first kappa shape index (κ1) is 7.72. The van der Waals surface area contributed by atoms with Gasteiger partial charge in [-0.05, 0) is 25.1 Å². The minimum absolute atomic E-state index is 0.280. The fourth-order valence-corrected chi connectivity index (χ4v) is 0.853. The first-order valence-electron chi connectivity index (χ1n) is 3.22. The lowest BCUT2D eigenvalue weighted by atomic mass is 10.1. The predicted octanol–water partition coefficient (Wildman–Crippen LogP) is 1.80. The van der Waals surface area contributed by atoms with E-state index in [4.69, 9.17) is 11.1 Å². The van der Waals surface area contributed by atoms with Gasteiger partial charge in [-0.3, -0.25) is 0 Å². The summed E-state index contributed by atoms with van der Waals surface area (Å²) in [5.41, 5.74) is 6.67. The van der Waals surface area contributed by atoms with Crippen molar-refractivity contribution in [3.63, 3.8) is 0 Å². The summed E-state index contributed by atoms with van der Waals surface area (Å²) in [5.74, 6) is -0.360. The molecule has 1 aromatic rings. The SMILES string of the molecule is CC(=N)c1cc(F)ccc1N. The molecule has 0 atom stereocenters. The van der Waals surface area contributed by atoms with Crippen LogP contribution in [-0.4, -0.2) is 5.71 Å². The van der Waals surface area contributed by atoms with E-state index in [0.29, 0.717) is 11.3 Å². The quantitative estimate of drug-likeness (QED) is 0.467. The summed E-state index contributed by atoms with van der Waals surface area (Å²) in [6.07, 6.45) is 0. The van der Waals surface area contributed by atoms with Crippen LogP contribution in [0.4, 0.5) is 10.1 Å². The zero-order valence-corrected chi connectivity index (χ0v) is 6.19. The predicted molar refractivity (Wildman–Crippen MR) is 43.3 cm³/mol. The van der Waals surface area contributed by atoms with Crippen molar-refractivity contribution >= 4 is 11.4 Å². The van der Waals surface area contributed by atoms with Crippen LogP contribution in [0.25, 0.3) is 0 Å². The van der Waals surface area contributed by atoms with Crippen molar-refractivity contribution in [2.45, 2.75) is 6.92 Å². The Hall–Kier alpha value is -1.38. The lowest BCUT2D eigenvalue weighted by Gasteiger charge is -2.01. The van der Waals surface area contributed by atoms with Gasteiger partial charge in [0.2, 0.25) is 0 Å². The third kappa shape index (κ3) is 1.55. The molecule has 0 saturated carbocycles. The van der Waals surface area contributed by atoms with E-state index in [0.717, 1.165) is 0 Å². The lowest BCUT2D eigenvalue weighted by Crippen LogP contribution is -1.99. The third-order valence-electron chi connectivity index (χ3n) is 1.42. The molecule has 0 aliphatic rings. The number of anilines is 1. The maximum atomic E-state index is 12.6. The van der Waals surface area contributed by atoms with Crippen molar-refractivity contribution in [2.75, 3.05) is 5.73 Å². The van der Waals surface area contributed by atoms with Gasteiger partial charge in [0.15, 0.2) is 0 Å². The van der Waals surface area contributed by atoms with Crippen molar-refractivity contribution in [3.8, 4) is 0 Å². The molecule has 0 bridgehead atoms. The van der Waals surface area contributed by atoms with Crippen molar-refractivity contribution in [2.24, 2.45) is 0 Å². The number of nitrogens with one attached hydrogen (secondary N) is 1. The zero-order chi connectivity index (χ0) is 8.43. The molecule has 2 nitrogen and oxygen atoms in total. The Bertz CT molecular complexity index is 294. The molecule has 1 aromatic carbocycles. The number of hydrogen-bond donors (Lipinski definition) is 2. The smallest absolute Gasteiger partial charge is 0.124 e. The highest BCUT2D eigenvalue weighted by molar-refractivity contribution is 6.00. The Morgan fingerprint density at radius 3 is 2.64 bits per heavy atom. The summed E-state index contributed by atoms with van der Waals surface area (Å²) in [4.78, 5) is 0. The molecule has 0 unspecified atom stereocenters. The standard InChI is InChI=1S/C8H9FN2/c1-5(10)7-4-6(9)2-3-8(7)11/h2-4,10H,11H2,1H3. The minimum atomic E-state index is -0.360. The summed E-state index contributed by atoms with van der Waals surface area (Å²) < 4.78 is 12.6. The summed E-state index contributed by atoms with van der Waals surface area (Å²) in [7, 11) is 0. The highest BCUT2D eigenvalue weighted by atomic mass is 19.1. The molecule has 0 saturated heterocycles.